The van der Waals surface area contributed by atoms with Gasteiger partial charge in [0.05, 0.1) is 22.2 Å². The molecule has 0 amide bonds. The molecule has 4 aromatic rings. The summed E-state index contributed by atoms with van der Waals surface area (Å²) in [6.45, 7) is 1.62. The van der Waals surface area contributed by atoms with E-state index in [-0.39, 0.29) is 27.4 Å². The number of sulfonamides is 1. The monoisotopic (exact) mass is 513 g/mol. The normalized spacial score (nSPS) is 13.8. The number of nitriles is 1. The van der Waals surface area contributed by atoms with Crippen LogP contribution in [-0.4, -0.2) is 40.6 Å². The van der Waals surface area contributed by atoms with Gasteiger partial charge in [-0.3, -0.25) is 9.40 Å². The van der Waals surface area contributed by atoms with E-state index in [4.69, 9.17) is 16.3 Å². The van der Waals surface area contributed by atoms with Gasteiger partial charge >= 0.3 is 0 Å². The zero-order valence-corrected chi connectivity index (χ0v) is 19.7. The number of aromatic nitrogens is 4. The number of nitrogens with one attached hydrogen (secondary N) is 2. The molecule has 0 spiro atoms. The van der Waals surface area contributed by atoms with E-state index < -0.39 is 10.0 Å². The molecule has 172 valence electrons. The van der Waals surface area contributed by atoms with E-state index in [0.29, 0.717) is 16.3 Å². The van der Waals surface area contributed by atoms with Crippen molar-refractivity contribution < 1.29 is 13.2 Å². The van der Waals surface area contributed by atoms with Crippen LogP contribution in [0, 0.1) is 11.3 Å². The highest BCUT2D eigenvalue weighted by molar-refractivity contribution is 7.93. The van der Waals surface area contributed by atoms with Gasteiger partial charge in [-0.2, -0.15) is 14.7 Å². The molecule has 13 heteroatoms. The minimum atomic E-state index is -3.95. The highest BCUT2D eigenvalue weighted by Gasteiger charge is 2.24. The van der Waals surface area contributed by atoms with Gasteiger partial charge in [0.2, 0.25) is 5.13 Å². The SMILES string of the molecule is N#Cc1cc(S(=O)(=O)Nc2ncns2)ccc1Oc1ccc(Cl)cc1-c1ccnn1C1CNC1. The molecule has 2 aromatic carbocycles. The van der Waals surface area contributed by atoms with Crippen molar-refractivity contribution in [2.75, 3.05) is 17.8 Å². The van der Waals surface area contributed by atoms with Gasteiger partial charge in [-0.1, -0.05) is 11.6 Å². The lowest BCUT2D eigenvalue weighted by molar-refractivity contribution is 0.321. The van der Waals surface area contributed by atoms with Crippen LogP contribution in [0.5, 0.6) is 11.5 Å². The van der Waals surface area contributed by atoms with E-state index in [1.54, 1.807) is 24.4 Å². The maximum atomic E-state index is 12.7. The van der Waals surface area contributed by atoms with E-state index in [9.17, 15) is 13.7 Å². The third-order valence-corrected chi connectivity index (χ3v) is 7.46. The zero-order valence-electron chi connectivity index (χ0n) is 17.3. The lowest BCUT2D eigenvalue weighted by Gasteiger charge is -2.29. The molecule has 34 heavy (non-hydrogen) atoms. The number of halogens is 1. The Morgan fingerprint density at radius 3 is 2.74 bits per heavy atom. The summed E-state index contributed by atoms with van der Waals surface area (Å²) in [7, 11) is -3.95. The Labute approximate surface area is 204 Å². The molecule has 1 saturated heterocycles. The summed E-state index contributed by atoms with van der Waals surface area (Å²) in [5.41, 5.74) is 1.58. The number of benzene rings is 2. The van der Waals surface area contributed by atoms with Crippen molar-refractivity contribution in [2.45, 2.75) is 10.9 Å². The molecular weight excluding hydrogens is 498 g/mol. The third-order valence-electron chi connectivity index (χ3n) is 5.18. The largest absolute Gasteiger partial charge is 0.455 e. The fourth-order valence-electron chi connectivity index (χ4n) is 3.42. The molecule has 1 fully saturated rings. The van der Waals surface area contributed by atoms with Crippen molar-refractivity contribution >= 4 is 38.3 Å². The maximum Gasteiger partial charge on any atom is 0.263 e. The fraction of sp³-hybridized carbons (Fsp3) is 0.143. The van der Waals surface area contributed by atoms with E-state index in [1.807, 2.05) is 16.8 Å². The molecule has 1 aliphatic heterocycles. The molecule has 0 aliphatic carbocycles. The lowest BCUT2D eigenvalue weighted by Crippen LogP contribution is -2.44. The number of ether oxygens (including phenoxy) is 1. The minimum Gasteiger partial charge on any atom is -0.455 e. The fourth-order valence-corrected chi connectivity index (χ4v) is 5.28. The maximum absolute atomic E-state index is 12.7. The summed E-state index contributed by atoms with van der Waals surface area (Å²) in [5, 5.41) is 18.0. The first-order valence-electron chi connectivity index (χ1n) is 10.0. The second-order valence-electron chi connectivity index (χ2n) is 7.34. The number of nitrogens with zero attached hydrogens (tertiary/aromatic N) is 5. The van der Waals surface area contributed by atoms with Crippen LogP contribution < -0.4 is 14.8 Å². The number of rotatable bonds is 7. The first-order valence-corrected chi connectivity index (χ1v) is 12.6. The Bertz CT molecular complexity index is 1490. The Kier molecular flexibility index (Phi) is 5.93. The predicted molar refractivity (Wildman–Crippen MR) is 127 cm³/mol. The first-order chi connectivity index (χ1) is 16.4. The van der Waals surface area contributed by atoms with Gasteiger partial charge in [-0.05, 0) is 42.5 Å². The molecule has 5 rings (SSSR count). The molecule has 10 nitrogen and oxygen atoms in total. The van der Waals surface area contributed by atoms with Crippen molar-refractivity contribution in [3.63, 3.8) is 0 Å². The summed E-state index contributed by atoms with van der Waals surface area (Å²) >= 11 is 7.18. The van der Waals surface area contributed by atoms with Crippen LogP contribution in [0.25, 0.3) is 11.3 Å². The van der Waals surface area contributed by atoms with E-state index in [0.717, 1.165) is 30.3 Å². The summed E-state index contributed by atoms with van der Waals surface area (Å²) in [5.74, 6) is 0.662. The smallest absolute Gasteiger partial charge is 0.263 e. The summed E-state index contributed by atoms with van der Waals surface area (Å²) < 4.78 is 39.4. The van der Waals surface area contributed by atoms with E-state index in [2.05, 4.69) is 24.5 Å². The van der Waals surface area contributed by atoms with Crippen molar-refractivity contribution in [2.24, 2.45) is 0 Å². The molecule has 0 atom stereocenters. The van der Waals surface area contributed by atoms with Crippen LogP contribution >= 0.6 is 23.1 Å². The Morgan fingerprint density at radius 1 is 1.21 bits per heavy atom. The second kappa shape index (κ2) is 9.03. The molecular formula is C21H16ClN7O3S2. The average molecular weight is 514 g/mol. The van der Waals surface area contributed by atoms with Crippen LogP contribution in [0.1, 0.15) is 11.6 Å². The van der Waals surface area contributed by atoms with Crippen LogP contribution in [0.3, 0.4) is 0 Å². The van der Waals surface area contributed by atoms with Gasteiger partial charge in [-0.15, -0.1) is 0 Å². The average Bonchev–Trinajstić information content (AvgIpc) is 3.46. The Morgan fingerprint density at radius 2 is 2.03 bits per heavy atom. The highest BCUT2D eigenvalue weighted by atomic mass is 35.5. The second-order valence-corrected chi connectivity index (χ2v) is 10.2. The quantitative estimate of drug-likeness (QED) is 0.382. The van der Waals surface area contributed by atoms with Crippen LogP contribution in [0.2, 0.25) is 5.02 Å². The number of hydrogen-bond acceptors (Lipinski definition) is 9. The van der Waals surface area contributed by atoms with Crippen LogP contribution in [0.4, 0.5) is 5.13 Å². The minimum absolute atomic E-state index is 0.0535. The number of hydrogen-bond donors (Lipinski definition) is 2. The Balaban J connectivity index is 1.49. The molecule has 2 aromatic heterocycles. The lowest BCUT2D eigenvalue weighted by atomic mass is 10.1. The molecule has 0 saturated carbocycles. The molecule has 3 heterocycles. The number of anilines is 1. The van der Waals surface area contributed by atoms with Gasteiger partial charge in [0.1, 0.15) is 23.9 Å². The Hall–Kier alpha value is -3.50. The van der Waals surface area contributed by atoms with E-state index in [1.165, 1.54) is 24.5 Å². The highest BCUT2D eigenvalue weighted by Crippen LogP contribution is 2.38. The van der Waals surface area contributed by atoms with Gasteiger partial charge in [0.25, 0.3) is 10.0 Å². The van der Waals surface area contributed by atoms with Gasteiger partial charge < -0.3 is 10.1 Å². The van der Waals surface area contributed by atoms with Crippen molar-refractivity contribution in [3.05, 3.63) is 65.6 Å². The van der Waals surface area contributed by atoms with Gasteiger partial charge in [0.15, 0.2) is 0 Å². The molecule has 1 aliphatic rings. The van der Waals surface area contributed by atoms with Crippen LogP contribution in [-0.2, 0) is 10.0 Å². The van der Waals surface area contributed by atoms with Gasteiger partial charge in [-0.25, -0.2) is 13.4 Å². The first kappa shape index (κ1) is 22.3. The van der Waals surface area contributed by atoms with E-state index >= 15 is 0 Å². The molecule has 2 N–H and O–H groups in total. The summed E-state index contributed by atoms with van der Waals surface area (Å²) in [6.07, 6.45) is 2.96. The molecule has 0 unspecified atom stereocenters. The summed E-state index contributed by atoms with van der Waals surface area (Å²) in [4.78, 5) is 3.72. The standard InChI is InChI=1S/C21H16ClN7O3S2/c22-14-1-3-20(17(8-14)18-5-6-26-29(18)15-10-24-11-15)32-19-4-2-16(7-13(19)9-23)34(30,31)28-21-25-12-27-33-21/h1-8,12,15,24H,10-11H2,(H,25,27,28). The topological polar surface area (TPSA) is 135 Å². The summed E-state index contributed by atoms with van der Waals surface area (Å²) in [6, 6.07) is 13.3. The van der Waals surface area contributed by atoms with Gasteiger partial charge in [0, 0.05) is 41.4 Å². The van der Waals surface area contributed by atoms with Crippen molar-refractivity contribution in [1.82, 2.24) is 24.5 Å². The van der Waals surface area contributed by atoms with Crippen LogP contribution in [0.15, 0.2) is 59.9 Å². The zero-order chi connectivity index (χ0) is 23.7. The molecule has 0 bridgehead atoms. The van der Waals surface area contributed by atoms with Crippen molar-refractivity contribution in [3.8, 4) is 28.8 Å². The van der Waals surface area contributed by atoms with Crippen molar-refractivity contribution in [1.29, 1.82) is 5.26 Å². The third kappa shape index (κ3) is 4.34. The molecule has 0 radical (unpaired) electrons. The predicted octanol–water partition coefficient (Wildman–Crippen LogP) is 3.66.